The molecule has 2 unspecified atom stereocenters. The number of thiophene rings is 1. The minimum Gasteiger partial charge on any atom is -0.305 e. The minimum atomic E-state index is 0.522. The summed E-state index contributed by atoms with van der Waals surface area (Å²) in [5, 5.41) is 5.94. The molecule has 1 aliphatic carbocycles. The highest BCUT2D eigenvalue weighted by atomic mass is 32.1. The lowest BCUT2D eigenvalue weighted by atomic mass is 9.81. The maximum absolute atomic E-state index is 3.75. The van der Waals surface area contributed by atoms with Crippen LogP contribution in [0.2, 0.25) is 0 Å². The molecule has 0 radical (unpaired) electrons. The van der Waals surface area contributed by atoms with Gasteiger partial charge >= 0.3 is 0 Å². The predicted octanol–water partition coefficient (Wildman–Crippen LogP) is 4.78. The van der Waals surface area contributed by atoms with Crippen LogP contribution in [0.4, 0.5) is 0 Å². The van der Waals surface area contributed by atoms with E-state index >= 15 is 0 Å². The summed E-state index contributed by atoms with van der Waals surface area (Å²) >= 11 is 1.86. The van der Waals surface area contributed by atoms with Crippen molar-refractivity contribution in [2.45, 2.75) is 45.2 Å². The highest BCUT2D eigenvalue weighted by Crippen LogP contribution is 2.37. The maximum atomic E-state index is 3.75. The van der Waals surface area contributed by atoms with Crippen molar-refractivity contribution in [1.29, 1.82) is 0 Å². The molecular weight excluding hydrogens is 250 g/mol. The molecule has 0 saturated heterocycles. The zero-order valence-electron chi connectivity index (χ0n) is 11.6. The van der Waals surface area contributed by atoms with Gasteiger partial charge in [-0.15, -0.1) is 11.3 Å². The fourth-order valence-corrected chi connectivity index (χ4v) is 3.87. The third-order valence-corrected chi connectivity index (χ3v) is 5.29. The van der Waals surface area contributed by atoms with Gasteiger partial charge in [-0.25, -0.2) is 0 Å². The van der Waals surface area contributed by atoms with Crippen molar-refractivity contribution < 1.29 is 0 Å². The SMILES string of the molecule is Cc1ccsc1CNC1CCC(C)c2ccccc21. The molecule has 1 aliphatic rings. The Labute approximate surface area is 119 Å². The molecule has 0 aliphatic heterocycles. The van der Waals surface area contributed by atoms with Crippen molar-refractivity contribution in [2.75, 3.05) is 0 Å². The van der Waals surface area contributed by atoms with Crippen molar-refractivity contribution in [3.8, 4) is 0 Å². The normalized spacial score (nSPS) is 22.2. The number of nitrogens with one attached hydrogen (secondary N) is 1. The van der Waals surface area contributed by atoms with Crippen LogP contribution in [0.1, 0.15) is 53.3 Å². The van der Waals surface area contributed by atoms with E-state index in [-0.39, 0.29) is 0 Å². The molecule has 1 nitrogen and oxygen atoms in total. The van der Waals surface area contributed by atoms with Gasteiger partial charge in [0.2, 0.25) is 0 Å². The van der Waals surface area contributed by atoms with Crippen LogP contribution in [0.3, 0.4) is 0 Å². The summed E-state index contributed by atoms with van der Waals surface area (Å²) in [5.41, 5.74) is 4.46. The van der Waals surface area contributed by atoms with Crippen LogP contribution in [-0.4, -0.2) is 0 Å². The van der Waals surface area contributed by atoms with Crippen LogP contribution < -0.4 is 5.32 Å². The second-order valence-electron chi connectivity index (χ2n) is 5.57. The first-order valence-corrected chi connectivity index (χ1v) is 7.99. The van der Waals surface area contributed by atoms with Crippen LogP contribution in [0.15, 0.2) is 35.7 Å². The monoisotopic (exact) mass is 271 g/mol. The van der Waals surface area contributed by atoms with Gasteiger partial charge in [0.1, 0.15) is 0 Å². The largest absolute Gasteiger partial charge is 0.305 e. The molecule has 100 valence electrons. The van der Waals surface area contributed by atoms with E-state index in [1.165, 1.54) is 34.4 Å². The average molecular weight is 271 g/mol. The Bertz CT molecular complexity index is 558. The van der Waals surface area contributed by atoms with Gasteiger partial charge in [-0.05, 0) is 53.8 Å². The molecular formula is C17H21NS. The first kappa shape index (κ1) is 12.9. The summed E-state index contributed by atoms with van der Waals surface area (Å²) in [6.07, 6.45) is 2.54. The van der Waals surface area contributed by atoms with Crippen LogP contribution in [-0.2, 0) is 6.54 Å². The lowest BCUT2D eigenvalue weighted by Crippen LogP contribution is -2.25. The third-order valence-electron chi connectivity index (χ3n) is 4.27. The summed E-state index contributed by atoms with van der Waals surface area (Å²) in [7, 11) is 0. The second-order valence-corrected chi connectivity index (χ2v) is 6.57. The molecule has 2 atom stereocenters. The van der Waals surface area contributed by atoms with Gasteiger partial charge in [-0.1, -0.05) is 31.2 Å². The molecule has 0 bridgehead atoms. The van der Waals surface area contributed by atoms with Gasteiger partial charge in [0, 0.05) is 17.5 Å². The summed E-state index contributed by atoms with van der Waals surface area (Å²) in [5.74, 6) is 0.706. The van der Waals surface area contributed by atoms with E-state index in [0.717, 1.165) is 6.54 Å². The summed E-state index contributed by atoms with van der Waals surface area (Å²) in [6.45, 7) is 5.54. The molecule has 0 fully saturated rings. The molecule has 1 N–H and O–H groups in total. The Morgan fingerprint density at radius 1 is 1.16 bits per heavy atom. The molecule has 2 heteroatoms. The van der Waals surface area contributed by atoms with E-state index in [1.54, 1.807) is 0 Å². The molecule has 0 spiro atoms. The van der Waals surface area contributed by atoms with Crippen molar-refractivity contribution in [2.24, 2.45) is 0 Å². The van der Waals surface area contributed by atoms with E-state index in [2.05, 4.69) is 54.9 Å². The molecule has 1 heterocycles. The summed E-state index contributed by atoms with van der Waals surface area (Å²) < 4.78 is 0. The predicted molar refractivity (Wildman–Crippen MR) is 82.7 cm³/mol. The standard InChI is InChI=1S/C17H21NS/c1-12-7-8-16(15-6-4-3-5-14(12)15)18-11-17-13(2)9-10-19-17/h3-6,9-10,12,16,18H,7-8,11H2,1-2H3. The highest BCUT2D eigenvalue weighted by Gasteiger charge is 2.23. The number of fused-ring (bicyclic) bond motifs is 1. The third kappa shape index (κ3) is 2.60. The number of benzene rings is 1. The number of aryl methyl sites for hydroxylation is 1. The molecule has 0 amide bonds. The minimum absolute atomic E-state index is 0.522. The van der Waals surface area contributed by atoms with Crippen LogP contribution in [0.5, 0.6) is 0 Å². The van der Waals surface area contributed by atoms with Crippen molar-refractivity contribution in [3.05, 3.63) is 57.3 Å². The Morgan fingerprint density at radius 3 is 2.68 bits per heavy atom. The van der Waals surface area contributed by atoms with E-state index in [4.69, 9.17) is 0 Å². The number of rotatable bonds is 3. The lowest BCUT2D eigenvalue weighted by molar-refractivity contribution is 0.432. The Hall–Kier alpha value is -1.12. The number of hydrogen-bond acceptors (Lipinski definition) is 2. The number of hydrogen-bond donors (Lipinski definition) is 1. The highest BCUT2D eigenvalue weighted by molar-refractivity contribution is 7.10. The van der Waals surface area contributed by atoms with Crippen LogP contribution in [0, 0.1) is 6.92 Å². The lowest BCUT2D eigenvalue weighted by Gasteiger charge is -2.30. The zero-order valence-corrected chi connectivity index (χ0v) is 12.5. The molecule has 1 aromatic heterocycles. The topological polar surface area (TPSA) is 12.0 Å². The van der Waals surface area contributed by atoms with E-state index in [9.17, 15) is 0 Å². The van der Waals surface area contributed by atoms with Crippen molar-refractivity contribution in [1.82, 2.24) is 5.32 Å². The molecule has 19 heavy (non-hydrogen) atoms. The first-order chi connectivity index (χ1) is 9.25. The van der Waals surface area contributed by atoms with Gasteiger partial charge < -0.3 is 5.32 Å². The molecule has 3 rings (SSSR count). The fourth-order valence-electron chi connectivity index (χ4n) is 3.02. The van der Waals surface area contributed by atoms with Crippen LogP contribution in [0.25, 0.3) is 0 Å². The van der Waals surface area contributed by atoms with E-state index in [1.807, 2.05) is 11.3 Å². The van der Waals surface area contributed by atoms with Crippen molar-refractivity contribution in [3.63, 3.8) is 0 Å². The van der Waals surface area contributed by atoms with Gasteiger partial charge in [0.25, 0.3) is 0 Å². The fraction of sp³-hybridized carbons (Fsp3) is 0.412. The Morgan fingerprint density at radius 2 is 1.95 bits per heavy atom. The molecule has 0 saturated carbocycles. The first-order valence-electron chi connectivity index (χ1n) is 7.11. The Kier molecular flexibility index (Phi) is 3.72. The van der Waals surface area contributed by atoms with Gasteiger partial charge in [-0.2, -0.15) is 0 Å². The summed E-state index contributed by atoms with van der Waals surface area (Å²) in [4.78, 5) is 1.47. The molecule has 1 aromatic carbocycles. The smallest absolute Gasteiger partial charge is 0.0326 e. The molecule has 2 aromatic rings. The maximum Gasteiger partial charge on any atom is 0.0326 e. The van der Waals surface area contributed by atoms with Crippen molar-refractivity contribution >= 4 is 11.3 Å². The Balaban J connectivity index is 1.76. The zero-order chi connectivity index (χ0) is 13.2. The van der Waals surface area contributed by atoms with Gasteiger partial charge in [0.15, 0.2) is 0 Å². The van der Waals surface area contributed by atoms with Gasteiger partial charge in [-0.3, -0.25) is 0 Å². The quantitative estimate of drug-likeness (QED) is 0.846. The van der Waals surface area contributed by atoms with Crippen LogP contribution >= 0.6 is 11.3 Å². The average Bonchev–Trinajstić information content (AvgIpc) is 2.84. The van der Waals surface area contributed by atoms with Gasteiger partial charge in [0.05, 0.1) is 0 Å². The summed E-state index contributed by atoms with van der Waals surface area (Å²) in [6, 6.07) is 11.7. The second kappa shape index (κ2) is 5.48. The van der Waals surface area contributed by atoms with E-state index in [0.29, 0.717) is 12.0 Å². The van der Waals surface area contributed by atoms with E-state index < -0.39 is 0 Å².